The van der Waals surface area contributed by atoms with Crippen molar-refractivity contribution >= 4 is 5.96 Å². The highest BCUT2D eigenvalue weighted by Crippen LogP contribution is 2.17. The molecule has 0 aromatic rings. The van der Waals surface area contributed by atoms with Crippen LogP contribution in [0.1, 0.15) is 32.6 Å². The smallest absolute Gasteiger partial charge is 0.191 e. The summed E-state index contributed by atoms with van der Waals surface area (Å²) in [5.74, 6) is 0.914. The molecule has 0 bridgehead atoms. The van der Waals surface area contributed by atoms with E-state index >= 15 is 0 Å². The van der Waals surface area contributed by atoms with Crippen molar-refractivity contribution in [2.75, 3.05) is 53.0 Å². The Bertz CT molecular complexity index is 332. The molecule has 0 aromatic carbocycles. The van der Waals surface area contributed by atoms with E-state index in [1.807, 2.05) is 0 Å². The van der Waals surface area contributed by atoms with Gasteiger partial charge in [-0.25, -0.2) is 0 Å². The molecule has 0 aromatic heterocycles. The van der Waals surface area contributed by atoms with Gasteiger partial charge in [0.25, 0.3) is 0 Å². The van der Waals surface area contributed by atoms with E-state index in [9.17, 15) is 0 Å². The summed E-state index contributed by atoms with van der Waals surface area (Å²) in [5, 5.41) is 6.74. The van der Waals surface area contributed by atoms with Crippen LogP contribution in [-0.4, -0.2) is 76.1 Å². The van der Waals surface area contributed by atoms with Gasteiger partial charge in [-0.05, 0) is 39.2 Å². The van der Waals surface area contributed by atoms with E-state index in [1.54, 1.807) is 7.11 Å². The van der Waals surface area contributed by atoms with Gasteiger partial charge in [-0.3, -0.25) is 9.89 Å². The van der Waals surface area contributed by atoms with Gasteiger partial charge in [0, 0.05) is 39.4 Å². The molecule has 2 rings (SSSR count). The van der Waals surface area contributed by atoms with Gasteiger partial charge in [-0.1, -0.05) is 0 Å². The molecular formula is C16H32N4O2. The summed E-state index contributed by atoms with van der Waals surface area (Å²) in [6, 6.07) is 0.549. The zero-order valence-corrected chi connectivity index (χ0v) is 14.1. The molecule has 0 amide bonds. The molecule has 6 heteroatoms. The molecule has 0 radical (unpaired) electrons. The van der Waals surface area contributed by atoms with Crippen molar-refractivity contribution in [1.29, 1.82) is 0 Å². The van der Waals surface area contributed by atoms with Crippen LogP contribution in [0.25, 0.3) is 0 Å². The number of hydrogen-bond donors (Lipinski definition) is 2. The first-order chi connectivity index (χ1) is 10.8. The average Bonchev–Trinajstić information content (AvgIpc) is 3.19. The molecule has 2 atom stereocenters. The Morgan fingerprint density at radius 1 is 1.32 bits per heavy atom. The van der Waals surface area contributed by atoms with Crippen molar-refractivity contribution in [3.63, 3.8) is 0 Å². The minimum atomic E-state index is 0.341. The van der Waals surface area contributed by atoms with Gasteiger partial charge < -0.3 is 20.1 Å². The van der Waals surface area contributed by atoms with Crippen LogP contribution in [0.15, 0.2) is 4.99 Å². The lowest BCUT2D eigenvalue weighted by atomic mass is 10.2. The lowest BCUT2D eigenvalue weighted by Crippen LogP contribution is -2.42. The molecule has 0 spiro atoms. The lowest BCUT2D eigenvalue weighted by Gasteiger charge is -2.23. The van der Waals surface area contributed by atoms with Gasteiger partial charge >= 0.3 is 0 Å². The summed E-state index contributed by atoms with van der Waals surface area (Å²) in [4.78, 5) is 7.27. The quantitative estimate of drug-likeness (QED) is 0.514. The maximum Gasteiger partial charge on any atom is 0.191 e. The Balaban J connectivity index is 1.77. The maximum absolute atomic E-state index is 5.65. The minimum Gasteiger partial charge on any atom is -0.383 e. The molecule has 2 heterocycles. The molecule has 0 saturated carbocycles. The van der Waals surface area contributed by atoms with Crippen LogP contribution in [0.5, 0.6) is 0 Å². The van der Waals surface area contributed by atoms with E-state index in [-0.39, 0.29) is 0 Å². The number of likely N-dealkylation sites (tertiary alicyclic amines) is 1. The summed E-state index contributed by atoms with van der Waals surface area (Å²) in [6.07, 6.45) is 5.17. The highest BCUT2D eigenvalue weighted by molar-refractivity contribution is 5.79. The van der Waals surface area contributed by atoms with E-state index in [2.05, 4.69) is 22.5 Å². The zero-order valence-electron chi connectivity index (χ0n) is 14.1. The molecule has 128 valence electrons. The molecule has 2 N–H and O–H groups in total. The number of ether oxygens (including phenoxy) is 2. The van der Waals surface area contributed by atoms with Crippen LogP contribution >= 0.6 is 0 Å². The summed E-state index contributed by atoms with van der Waals surface area (Å²) >= 11 is 0. The largest absolute Gasteiger partial charge is 0.383 e. The van der Waals surface area contributed by atoms with E-state index in [4.69, 9.17) is 14.5 Å². The maximum atomic E-state index is 5.65. The van der Waals surface area contributed by atoms with Crippen LogP contribution in [0, 0.1) is 0 Å². The lowest BCUT2D eigenvalue weighted by molar-refractivity contribution is 0.113. The normalized spacial score (nSPS) is 26.5. The summed E-state index contributed by atoms with van der Waals surface area (Å²) < 4.78 is 10.8. The molecule has 6 nitrogen and oxygen atoms in total. The van der Waals surface area contributed by atoms with Crippen molar-refractivity contribution in [2.24, 2.45) is 4.99 Å². The minimum absolute atomic E-state index is 0.341. The van der Waals surface area contributed by atoms with Crippen molar-refractivity contribution < 1.29 is 9.47 Å². The van der Waals surface area contributed by atoms with E-state index in [0.717, 1.165) is 51.8 Å². The van der Waals surface area contributed by atoms with Crippen LogP contribution in [0.3, 0.4) is 0 Å². The molecule has 2 fully saturated rings. The van der Waals surface area contributed by atoms with E-state index in [1.165, 1.54) is 25.8 Å². The Labute approximate surface area is 134 Å². The fourth-order valence-corrected chi connectivity index (χ4v) is 3.16. The van der Waals surface area contributed by atoms with Crippen molar-refractivity contribution in [1.82, 2.24) is 15.5 Å². The Hall–Kier alpha value is -0.850. The molecule has 0 aliphatic carbocycles. The molecular weight excluding hydrogens is 280 g/mol. The van der Waals surface area contributed by atoms with Gasteiger partial charge in [-0.15, -0.1) is 0 Å². The number of rotatable bonds is 8. The first-order valence-electron chi connectivity index (χ1n) is 8.70. The predicted octanol–water partition coefficient (Wildman–Crippen LogP) is 0.831. The zero-order chi connectivity index (χ0) is 15.6. The van der Waals surface area contributed by atoms with Crippen molar-refractivity contribution in [3.05, 3.63) is 0 Å². The molecule has 2 unspecified atom stereocenters. The molecule has 22 heavy (non-hydrogen) atoms. The van der Waals surface area contributed by atoms with Crippen LogP contribution in [0.4, 0.5) is 0 Å². The number of nitrogens with zero attached hydrogens (tertiary/aromatic N) is 2. The van der Waals surface area contributed by atoms with Crippen LogP contribution in [0.2, 0.25) is 0 Å². The fraction of sp³-hybridized carbons (Fsp3) is 0.938. The Morgan fingerprint density at radius 3 is 2.95 bits per heavy atom. The molecule has 2 aliphatic rings. The van der Waals surface area contributed by atoms with Crippen LogP contribution in [-0.2, 0) is 9.47 Å². The highest BCUT2D eigenvalue weighted by atomic mass is 16.5. The second-order valence-electron chi connectivity index (χ2n) is 6.06. The topological polar surface area (TPSA) is 58.1 Å². The fourth-order valence-electron chi connectivity index (χ4n) is 3.16. The molecule has 2 aliphatic heterocycles. The van der Waals surface area contributed by atoms with E-state index in [0.29, 0.717) is 12.1 Å². The first kappa shape index (κ1) is 17.5. The Kier molecular flexibility index (Phi) is 7.98. The van der Waals surface area contributed by atoms with Crippen molar-refractivity contribution in [2.45, 2.75) is 44.8 Å². The van der Waals surface area contributed by atoms with Crippen LogP contribution < -0.4 is 10.6 Å². The first-order valence-corrected chi connectivity index (χ1v) is 8.70. The number of nitrogens with one attached hydrogen (secondary N) is 2. The SMILES string of the molecule is CCNC(=NCC1CCCN1CCOC)NCC1CCCO1. The van der Waals surface area contributed by atoms with E-state index < -0.39 is 0 Å². The third kappa shape index (κ3) is 5.74. The number of methoxy groups -OCH3 is 1. The third-order valence-corrected chi connectivity index (χ3v) is 4.41. The number of aliphatic imine (C=N–C) groups is 1. The molecule has 2 saturated heterocycles. The second kappa shape index (κ2) is 10.0. The van der Waals surface area contributed by atoms with Gasteiger partial charge in [0.2, 0.25) is 0 Å². The van der Waals surface area contributed by atoms with Gasteiger partial charge in [0.1, 0.15) is 0 Å². The van der Waals surface area contributed by atoms with Gasteiger partial charge in [-0.2, -0.15) is 0 Å². The van der Waals surface area contributed by atoms with Crippen molar-refractivity contribution in [3.8, 4) is 0 Å². The predicted molar refractivity (Wildman–Crippen MR) is 89.4 cm³/mol. The summed E-state index contributed by atoms with van der Waals surface area (Å²) in [6.45, 7) is 8.57. The summed E-state index contributed by atoms with van der Waals surface area (Å²) in [7, 11) is 1.77. The number of hydrogen-bond acceptors (Lipinski definition) is 4. The van der Waals surface area contributed by atoms with Gasteiger partial charge in [0.15, 0.2) is 5.96 Å². The standard InChI is InChI=1S/C16H32N4O2/c1-3-17-16(19-13-15-7-5-10-22-15)18-12-14-6-4-8-20(14)9-11-21-2/h14-15H,3-13H2,1-2H3,(H2,17,18,19). The third-order valence-electron chi connectivity index (χ3n) is 4.41. The Morgan fingerprint density at radius 2 is 2.23 bits per heavy atom. The monoisotopic (exact) mass is 312 g/mol. The average molecular weight is 312 g/mol. The van der Waals surface area contributed by atoms with Gasteiger partial charge in [0.05, 0.1) is 19.3 Å². The summed E-state index contributed by atoms with van der Waals surface area (Å²) in [5.41, 5.74) is 0. The number of guanidine groups is 1. The second-order valence-corrected chi connectivity index (χ2v) is 6.06. The highest BCUT2D eigenvalue weighted by Gasteiger charge is 2.23.